The summed E-state index contributed by atoms with van der Waals surface area (Å²) in [4.78, 5) is 36.4. The first kappa shape index (κ1) is 24.3. The molecule has 4 bridgehead atoms. The summed E-state index contributed by atoms with van der Waals surface area (Å²) in [6.45, 7) is 9.35. The molecule has 9 nitrogen and oxygen atoms in total. The number of rotatable bonds is 7. The standard InChI is InChI=1S/C25H37N5O4/c1-14(2)21-19(13-27-30(21)7-6-24(4,5)29-15(3)31)22(32)28-20-17-8-16-9-18(20)12-25(10-16,11-17)34-23(26)33/h6-7,13-14,16-18,20H,8-12H2,1-5H3,(H2,26,33)(H,28,32)(H,29,31)/b7-6+/t16?,17?,18?,20-,25-. The molecule has 0 spiro atoms. The summed E-state index contributed by atoms with van der Waals surface area (Å²) in [7, 11) is 0. The maximum atomic E-state index is 13.4. The van der Waals surface area contributed by atoms with Crippen molar-refractivity contribution in [3.05, 3.63) is 23.5 Å². The smallest absolute Gasteiger partial charge is 0.405 e. The van der Waals surface area contributed by atoms with Crippen LogP contribution >= 0.6 is 0 Å². The van der Waals surface area contributed by atoms with Crippen molar-refractivity contribution in [3.63, 3.8) is 0 Å². The summed E-state index contributed by atoms with van der Waals surface area (Å²) in [5, 5.41) is 10.6. The molecular formula is C25H37N5O4. The summed E-state index contributed by atoms with van der Waals surface area (Å²) < 4.78 is 7.32. The fourth-order valence-corrected chi connectivity index (χ4v) is 6.75. The maximum Gasteiger partial charge on any atom is 0.405 e. The Kier molecular flexibility index (Phi) is 6.25. The number of nitrogens with two attached hydrogens (primary N) is 1. The van der Waals surface area contributed by atoms with Gasteiger partial charge in [0, 0.05) is 19.2 Å². The van der Waals surface area contributed by atoms with Crippen LogP contribution in [-0.2, 0) is 9.53 Å². The zero-order chi connectivity index (χ0) is 24.8. The first-order valence-corrected chi connectivity index (χ1v) is 12.2. The van der Waals surface area contributed by atoms with E-state index in [2.05, 4.69) is 15.7 Å². The zero-order valence-electron chi connectivity index (χ0n) is 20.8. The number of nitrogens with zero attached hydrogens (tertiary/aromatic N) is 2. The van der Waals surface area contributed by atoms with E-state index < -0.39 is 17.2 Å². The van der Waals surface area contributed by atoms with Crippen LogP contribution in [0.15, 0.2) is 12.3 Å². The SMILES string of the molecule is CC(=O)NC(C)(C)/C=C/n1ncc(C(=O)N[C@H]2C3CC4CC2C[C@](OC(N)=O)(C4)C3)c1C(C)C. The van der Waals surface area contributed by atoms with Gasteiger partial charge in [-0.1, -0.05) is 13.8 Å². The second-order valence-corrected chi connectivity index (χ2v) is 11.3. The lowest BCUT2D eigenvalue weighted by Gasteiger charge is -2.58. The van der Waals surface area contributed by atoms with Gasteiger partial charge in [-0.3, -0.25) is 9.59 Å². The third-order valence-corrected chi connectivity index (χ3v) is 7.59. The minimum Gasteiger partial charge on any atom is -0.443 e. The molecule has 4 N–H and O–H groups in total. The highest BCUT2D eigenvalue weighted by molar-refractivity contribution is 5.95. The largest absolute Gasteiger partial charge is 0.443 e. The van der Waals surface area contributed by atoms with Crippen molar-refractivity contribution >= 4 is 24.1 Å². The molecule has 5 rings (SSSR count). The molecule has 2 atom stereocenters. The van der Waals surface area contributed by atoms with Crippen LogP contribution in [0.2, 0.25) is 0 Å². The Morgan fingerprint density at radius 3 is 2.44 bits per heavy atom. The number of amides is 3. The molecule has 1 heterocycles. The minimum absolute atomic E-state index is 0.0613. The molecule has 186 valence electrons. The van der Waals surface area contributed by atoms with Crippen molar-refractivity contribution in [3.8, 4) is 0 Å². The lowest BCUT2D eigenvalue weighted by molar-refractivity contribution is -0.137. The van der Waals surface area contributed by atoms with E-state index in [1.54, 1.807) is 17.1 Å². The molecule has 34 heavy (non-hydrogen) atoms. The van der Waals surface area contributed by atoms with Crippen molar-refractivity contribution in [2.75, 3.05) is 0 Å². The highest BCUT2D eigenvalue weighted by Crippen LogP contribution is 2.57. The zero-order valence-corrected chi connectivity index (χ0v) is 20.8. The van der Waals surface area contributed by atoms with Crippen LogP contribution in [0.25, 0.3) is 6.20 Å². The van der Waals surface area contributed by atoms with Gasteiger partial charge >= 0.3 is 6.09 Å². The molecule has 2 unspecified atom stereocenters. The minimum atomic E-state index is -0.703. The molecule has 3 amide bonds. The van der Waals surface area contributed by atoms with Gasteiger partial charge in [0.15, 0.2) is 0 Å². The summed E-state index contributed by atoms with van der Waals surface area (Å²) >= 11 is 0. The monoisotopic (exact) mass is 471 g/mol. The molecule has 9 heteroatoms. The third kappa shape index (κ3) is 4.83. The van der Waals surface area contributed by atoms with Crippen LogP contribution in [0.1, 0.15) is 88.7 Å². The lowest BCUT2D eigenvalue weighted by Crippen LogP contribution is -2.63. The Morgan fingerprint density at radius 2 is 1.88 bits per heavy atom. The fourth-order valence-electron chi connectivity index (χ4n) is 6.75. The van der Waals surface area contributed by atoms with Crippen molar-refractivity contribution in [1.82, 2.24) is 20.4 Å². The van der Waals surface area contributed by atoms with E-state index in [4.69, 9.17) is 10.5 Å². The van der Waals surface area contributed by atoms with Crippen LogP contribution in [0, 0.1) is 17.8 Å². The molecule has 1 aromatic rings. The number of carbonyl (C=O) groups excluding carboxylic acids is 3. The molecule has 0 radical (unpaired) electrons. The molecule has 4 fully saturated rings. The average Bonchev–Trinajstić information content (AvgIpc) is 3.11. The van der Waals surface area contributed by atoms with Gasteiger partial charge in [0.2, 0.25) is 5.91 Å². The van der Waals surface area contributed by atoms with Crippen molar-refractivity contribution in [2.45, 2.75) is 89.8 Å². The number of hydrogen-bond donors (Lipinski definition) is 3. The van der Waals surface area contributed by atoms with Gasteiger partial charge in [0.05, 0.1) is 23.0 Å². The predicted molar refractivity (Wildman–Crippen MR) is 128 cm³/mol. The normalized spacial score (nSPS) is 30.1. The first-order chi connectivity index (χ1) is 15.9. The van der Waals surface area contributed by atoms with E-state index >= 15 is 0 Å². The van der Waals surface area contributed by atoms with E-state index in [0.717, 1.165) is 37.8 Å². The van der Waals surface area contributed by atoms with E-state index in [-0.39, 0.29) is 35.6 Å². The summed E-state index contributed by atoms with van der Waals surface area (Å²) in [6, 6.07) is 0.0613. The molecule has 4 saturated carbocycles. The Balaban J connectivity index is 1.51. The molecule has 0 aromatic carbocycles. The third-order valence-electron chi connectivity index (χ3n) is 7.59. The highest BCUT2D eigenvalue weighted by Gasteiger charge is 2.57. The van der Waals surface area contributed by atoms with Crippen LogP contribution in [-0.4, -0.2) is 44.9 Å². The Morgan fingerprint density at radius 1 is 1.24 bits per heavy atom. The number of carbonyl (C=O) groups is 3. The summed E-state index contributed by atoms with van der Waals surface area (Å²) in [5.74, 6) is 0.930. The topological polar surface area (TPSA) is 128 Å². The summed E-state index contributed by atoms with van der Waals surface area (Å²) in [6.07, 6.45) is 9.07. The predicted octanol–water partition coefficient (Wildman–Crippen LogP) is 3.16. The Hall–Kier alpha value is -2.84. The van der Waals surface area contributed by atoms with Crippen LogP contribution in [0.5, 0.6) is 0 Å². The second-order valence-electron chi connectivity index (χ2n) is 11.3. The molecule has 0 saturated heterocycles. The quantitative estimate of drug-likeness (QED) is 0.563. The lowest BCUT2D eigenvalue weighted by atomic mass is 9.52. The average molecular weight is 472 g/mol. The number of hydrogen-bond acceptors (Lipinski definition) is 5. The van der Waals surface area contributed by atoms with Gasteiger partial charge in [-0.2, -0.15) is 5.10 Å². The van der Waals surface area contributed by atoms with E-state index in [0.29, 0.717) is 11.5 Å². The Bertz CT molecular complexity index is 995. The molecule has 4 aliphatic carbocycles. The first-order valence-electron chi connectivity index (χ1n) is 12.2. The van der Waals surface area contributed by atoms with E-state index in [9.17, 15) is 14.4 Å². The number of aromatic nitrogens is 2. The van der Waals surface area contributed by atoms with Crippen molar-refractivity contribution in [1.29, 1.82) is 0 Å². The molecule has 1 aromatic heterocycles. The second kappa shape index (κ2) is 8.74. The highest BCUT2D eigenvalue weighted by atomic mass is 16.6. The van der Waals surface area contributed by atoms with Crippen molar-refractivity contribution < 1.29 is 19.1 Å². The Labute approximate surface area is 200 Å². The molecule has 4 aliphatic rings. The molecule has 0 aliphatic heterocycles. The van der Waals surface area contributed by atoms with Gasteiger partial charge in [-0.15, -0.1) is 0 Å². The van der Waals surface area contributed by atoms with Gasteiger partial charge in [-0.25, -0.2) is 9.48 Å². The number of nitrogens with one attached hydrogen (secondary N) is 2. The van der Waals surface area contributed by atoms with Crippen molar-refractivity contribution in [2.24, 2.45) is 23.5 Å². The van der Waals surface area contributed by atoms with E-state index in [1.165, 1.54) is 6.92 Å². The molecular weight excluding hydrogens is 434 g/mol. The maximum absolute atomic E-state index is 13.4. The van der Waals surface area contributed by atoms with Gasteiger partial charge < -0.3 is 21.1 Å². The van der Waals surface area contributed by atoms with Crippen LogP contribution in [0.3, 0.4) is 0 Å². The van der Waals surface area contributed by atoms with Gasteiger partial charge in [-0.05, 0) is 75.7 Å². The van der Waals surface area contributed by atoms with Gasteiger partial charge in [0.25, 0.3) is 5.91 Å². The summed E-state index contributed by atoms with van der Waals surface area (Å²) in [5.41, 5.74) is 5.75. The fraction of sp³-hybridized carbons (Fsp3) is 0.680. The number of primary amides is 1. The van der Waals surface area contributed by atoms with Crippen LogP contribution < -0.4 is 16.4 Å². The van der Waals surface area contributed by atoms with Gasteiger partial charge in [0.1, 0.15) is 5.60 Å². The number of ether oxygens (including phenoxy) is 1. The van der Waals surface area contributed by atoms with Crippen LogP contribution in [0.4, 0.5) is 4.79 Å². The van der Waals surface area contributed by atoms with E-state index in [1.807, 2.05) is 33.8 Å².